The topological polar surface area (TPSA) is 55.5 Å². The van der Waals surface area contributed by atoms with Gasteiger partial charge in [-0.25, -0.2) is 0 Å². The van der Waals surface area contributed by atoms with Crippen molar-refractivity contribution >= 4 is 15.9 Å². The van der Waals surface area contributed by atoms with Crippen molar-refractivity contribution in [2.45, 2.75) is 31.8 Å². The molecule has 1 aliphatic rings. The lowest BCUT2D eigenvalue weighted by molar-refractivity contribution is 0.0532. The predicted molar refractivity (Wildman–Crippen MR) is 71.3 cm³/mol. The quantitative estimate of drug-likeness (QED) is 0.894. The van der Waals surface area contributed by atoms with Crippen LogP contribution in [0, 0.1) is 0 Å². The van der Waals surface area contributed by atoms with Gasteiger partial charge in [-0.2, -0.15) is 0 Å². The van der Waals surface area contributed by atoms with E-state index in [1.54, 1.807) is 0 Å². The highest BCUT2D eigenvalue weighted by Crippen LogP contribution is 2.35. The molecule has 0 saturated carbocycles. The molecule has 1 atom stereocenters. The molecule has 0 aromatic heterocycles. The van der Waals surface area contributed by atoms with Crippen LogP contribution < -0.4 is 10.5 Å². The Hall–Kier alpha value is -0.580. The number of aliphatic hydroxyl groups is 1. The van der Waals surface area contributed by atoms with Crippen LogP contribution in [0.4, 0.5) is 0 Å². The first-order valence-corrected chi connectivity index (χ1v) is 6.68. The van der Waals surface area contributed by atoms with Crippen molar-refractivity contribution in [3.8, 4) is 5.75 Å². The summed E-state index contributed by atoms with van der Waals surface area (Å²) in [6.07, 6.45) is 2.11. The first kappa shape index (κ1) is 12.9. The van der Waals surface area contributed by atoms with Crippen molar-refractivity contribution in [2.24, 2.45) is 5.73 Å². The van der Waals surface area contributed by atoms with Crippen LogP contribution in [0.3, 0.4) is 0 Å². The van der Waals surface area contributed by atoms with Crippen LogP contribution in [-0.2, 0) is 12.8 Å². The van der Waals surface area contributed by atoms with Crippen LogP contribution in [0.25, 0.3) is 0 Å². The molecule has 1 aromatic rings. The maximum Gasteiger partial charge on any atom is 0.125 e. The molecule has 0 radical (unpaired) electrons. The summed E-state index contributed by atoms with van der Waals surface area (Å²) in [5, 5.41) is 10.2. The third-order valence-corrected chi connectivity index (χ3v) is 3.54. The molecule has 1 heterocycles. The molecule has 0 amide bonds. The lowest BCUT2D eigenvalue weighted by Gasteiger charge is -2.23. The fourth-order valence-electron chi connectivity index (χ4n) is 2.29. The van der Waals surface area contributed by atoms with Crippen LogP contribution in [0.2, 0.25) is 0 Å². The summed E-state index contributed by atoms with van der Waals surface area (Å²) in [4.78, 5) is 0. The van der Waals surface area contributed by atoms with Crippen LogP contribution >= 0.6 is 15.9 Å². The summed E-state index contributed by atoms with van der Waals surface area (Å²) in [6.45, 7) is 3.05. The van der Waals surface area contributed by atoms with Crippen molar-refractivity contribution in [2.75, 3.05) is 13.2 Å². The fourth-order valence-corrected chi connectivity index (χ4v) is 2.84. The molecule has 1 aliphatic heterocycles. The van der Waals surface area contributed by atoms with Gasteiger partial charge in [0.25, 0.3) is 0 Å². The minimum absolute atomic E-state index is 0.490. The highest BCUT2D eigenvalue weighted by molar-refractivity contribution is 9.10. The Morgan fingerprint density at radius 2 is 2.29 bits per heavy atom. The van der Waals surface area contributed by atoms with Crippen LogP contribution in [0.1, 0.15) is 24.5 Å². The molecule has 4 heteroatoms. The Balaban J connectivity index is 2.27. The van der Waals surface area contributed by atoms with E-state index in [2.05, 4.69) is 22.0 Å². The largest absolute Gasteiger partial charge is 0.493 e. The average molecular weight is 300 g/mol. The van der Waals surface area contributed by atoms with Gasteiger partial charge in [0.2, 0.25) is 0 Å². The standard InChI is InChI=1S/C13H18BrNO2/c1-13(16,3-4-15)8-10-7-11(14)6-9-2-5-17-12(9)10/h6-7,16H,2-5,8,15H2,1H3. The maximum atomic E-state index is 10.2. The Morgan fingerprint density at radius 3 is 3.00 bits per heavy atom. The summed E-state index contributed by atoms with van der Waals surface area (Å²) >= 11 is 3.50. The molecule has 0 saturated heterocycles. The molecular weight excluding hydrogens is 282 g/mol. The van der Waals surface area contributed by atoms with E-state index in [1.165, 1.54) is 5.56 Å². The average Bonchev–Trinajstić information content (AvgIpc) is 2.64. The molecule has 0 bridgehead atoms. The Morgan fingerprint density at radius 1 is 1.53 bits per heavy atom. The maximum absolute atomic E-state index is 10.2. The van der Waals surface area contributed by atoms with E-state index in [-0.39, 0.29) is 0 Å². The molecule has 3 nitrogen and oxygen atoms in total. The van der Waals surface area contributed by atoms with Crippen LogP contribution in [-0.4, -0.2) is 23.9 Å². The first-order valence-electron chi connectivity index (χ1n) is 5.88. The van der Waals surface area contributed by atoms with Gasteiger partial charge in [-0.15, -0.1) is 0 Å². The second-order valence-corrected chi connectivity index (χ2v) is 5.78. The predicted octanol–water partition coefficient (Wildman–Crippen LogP) is 2.03. The van der Waals surface area contributed by atoms with E-state index in [4.69, 9.17) is 10.5 Å². The van der Waals surface area contributed by atoms with E-state index in [1.807, 2.05) is 13.0 Å². The molecule has 2 rings (SSSR count). The summed E-state index contributed by atoms with van der Waals surface area (Å²) in [5.74, 6) is 0.950. The van der Waals surface area contributed by atoms with Gasteiger partial charge in [0.05, 0.1) is 12.2 Å². The van der Waals surface area contributed by atoms with Crippen LogP contribution in [0.15, 0.2) is 16.6 Å². The van der Waals surface area contributed by atoms with E-state index in [0.717, 1.165) is 28.8 Å². The van der Waals surface area contributed by atoms with Gasteiger partial charge in [-0.3, -0.25) is 0 Å². The molecule has 0 fully saturated rings. The molecule has 1 aromatic carbocycles. The highest BCUT2D eigenvalue weighted by atomic mass is 79.9. The highest BCUT2D eigenvalue weighted by Gasteiger charge is 2.25. The molecule has 17 heavy (non-hydrogen) atoms. The van der Waals surface area contributed by atoms with Crippen molar-refractivity contribution in [3.05, 3.63) is 27.7 Å². The number of nitrogens with two attached hydrogens (primary N) is 1. The zero-order chi connectivity index (χ0) is 12.5. The van der Waals surface area contributed by atoms with Gasteiger partial charge in [-0.1, -0.05) is 15.9 Å². The third kappa shape index (κ3) is 3.00. The van der Waals surface area contributed by atoms with E-state index in [0.29, 0.717) is 19.4 Å². The summed E-state index contributed by atoms with van der Waals surface area (Å²) < 4.78 is 6.69. The van der Waals surface area contributed by atoms with Crippen LogP contribution in [0.5, 0.6) is 5.75 Å². The fraction of sp³-hybridized carbons (Fsp3) is 0.538. The summed E-state index contributed by atoms with van der Waals surface area (Å²) in [6, 6.07) is 4.11. The van der Waals surface area contributed by atoms with Crippen molar-refractivity contribution < 1.29 is 9.84 Å². The second kappa shape index (κ2) is 4.96. The van der Waals surface area contributed by atoms with Gasteiger partial charge in [-0.05, 0) is 43.1 Å². The molecular formula is C13H18BrNO2. The van der Waals surface area contributed by atoms with E-state index < -0.39 is 5.60 Å². The molecule has 0 spiro atoms. The lowest BCUT2D eigenvalue weighted by Crippen LogP contribution is -2.30. The summed E-state index contributed by atoms with van der Waals surface area (Å²) in [7, 11) is 0. The third-order valence-electron chi connectivity index (χ3n) is 3.08. The van der Waals surface area contributed by atoms with E-state index >= 15 is 0 Å². The molecule has 3 N–H and O–H groups in total. The van der Waals surface area contributed by atoms with Crippen molar-refractivity contribution in [1.29, 1.82) is 0 Å². The molecule has 1 unspecified atom stereocenters. The minimum Gasteiger partial charge on any atom is -0.493 e. The smallest absolute Gasteiger partial charge is 0.125 e. The number of hydrogen-bond acceptors (Lipinski definition) is 3. The van der Waals surface area contributed by atoms with Gasteiger partial charge in [0.15, 0.2) is 0 Å². The minimum atomic E-state index is -0.769. The zero-order valence-corrected chi connectivity index (χ0v) is 11.6. The van der Waals surface area contributed by atoms with E-state index in [9.17, 15) is 5.11 Å². The van der Waals surface area contributed by atoms with Gasteiger partial charge >= 0.3 is 0 Å². The number of halogens is 1. The van der Waals surface area contributed by atoms with Gasteiger partial charge in [0.1, 0.15) is 5.75 Å². The first-order chi connectivity index (χ1) is 8.02. The molecule has 94 valence electrons. The number of fused-ring (bicyclic) bond motifs is 1. The van der Waals surface area contributed by atoms with Crippen molar-refractivity contribution in [3.63, 3.8) is 0 Å². The normalized spacial score (nSPS) is 17.4. The zero-order valence-electron chi connectivity index (χ0n) is 10.0. The second-order valence-electron chi connectivity index (χ2n) is 4.86. The number of benzene rings is 1. The Bertz CT molecular complexity index is 418. The van der Waals surface area contributed by atoms with Gasteiger partial charge in [0, 0.05) is 17.3 Å². The van der Waals surface area contributed by atoms with Crippen molar-refractivity contribution in [1.82, 2.24) is 0 Å². The molecule has 0 aliphatic carbocycles. The Kier molecular flexibility index (Phi) is 3.76. The summed E-state index contributed by atoms with van der Waals surface area (Å²) in [5.41, 5.74) is 7.02. The number of hydrogen-bond donors (Lipinski definition) is 2. The van der Waals surface area contributed by atoms with Gasteiger partial charge < -0.3 is 15.6 Å². The lowest BCUT2D eigenvalue weighted by atomic mass is 9.92. The SMILES string of the molecule is CC(O)(CCN)Cc1cc(Br)cc2c1OCC2. The number of ether oxygens (including phenoxy) is 1. The monoisotopic (exact) mass is 299 g/mol. The number of rotatable bonds is 4. The Labute approximate surface area is 110 Å².